The number of pyridine rings is 1. The molecule has 0 saturated carbocycles. The SMILES string of the molecule is CCOc1cccc(Oc2cc(CO)cc(CC)n2)c1. The van der Waals surface area contributed by atoms with Crippen molar-refractivity contribution in [1.29, 1.82) is 0 Å². The smallest absolute Gasteiger partial charge is 0.219 e. The summed E-state index contributed by atoms with van der Waals surface area (Å²) in [7, 11) is 0. The van der Waals surface area contributed by atoms with Gasteiger partial charge in [0, 0.05) is 17.8 Å². The van der Waals surface area contributed by atoms with Crippen LogP contribution in [0.15, 0.2) is 36.4 Å². The predicted octanol–water partition coefficient (Wildman–Crippen LogP) is 3.33. The first kappa shape index (κ1) is 14.3. The highest BCUT2D eigenvalue weighted by Gasteiger charge is 2.05. The zero-order valence-electron chi connectivity index (χ0n) is 11.8. The van der Waals surface area contributed by atoms with Crippen molar-refractivity contribution >= 4 is 0 Å². The Balaban J connectivity index is 2.22. The van der Waals surface area contributed by atoms with Gasteiger partial charge in [0.05, 0.1) is 13.2 Å². The van der Waals surface area contributed by atoms with Crippen molar-refractivity contribution in [3.05, 3.63) is 47.7 Å². The van der Waals surface area contributed by atoms with Gasteiger partial charge < -0.3 is 14.6 Å². The van der Waals surface area contributed by atoms with Crippen molar-refractivity contribution < 1.29 is 14.6 Å². The van der Waals surface area contributed by atoms with E-state index in [1.54, 1.807) is 6.07 Å². The van der Waals surface area contributed by atoms with Crippen molar-refractivity contribution in [2.75, 3.05) is 6.61 Å². The van der Waals surface area contributed by atoms with Crippen LogP contribution >= 0.6 is 0 Å². The molecule has 106 valence electrons. The third-order valence-corrected chi connectivity index (χ3v) is 2.80. The van der Waals surface area contributed by atoms with Crippen LogP contribution in [0.2, 0.25) is 0 Å². The van der Waals surface area contributed by atoms with Crippen LogP contribution in [0.25, 0.3) is 0 Å². The van der Waals surface area contributed by atoms with Crippen molar-refractivity contribution in [1.82, 2.24) is 4.98 Å². The largest absolute Gasteiger partial charge is 0.494 e. The van der Waals surface area contributed by atoms with E-state index in [1.165, 1.54) is 0 Å². The zero-order valence-corrected chi connectivity index (χ0v) is 11.8. The molecule has 1 N–H and O–H groups in total. The third-order valence-electron chi connectivity index (χ3n) is 2.80. The summed E-state index contributed by atoms with van der Waals surface area (Å²) in [6.07, 6.45) is 0.795. The fraction of sp³-hybridized carbons (Fsp3) is 0.312. The molecule has 2 aromatic rings. The first-order chi connectivity index (χ1) is 9.75. The van der Waals surface area contributed by atoms with Crippen LogP contribution in [-0.2, 0) is 13.0 Å². The van der Waals surface area contributed by atoms with E-state index in [1.807, 2.05) is 44.2 Å². The van der Waals surface area contributed by atoms with Crippen molar-refractivity contribution in [2.24, 2.45) is 0 Å². The van der Waals surface area contributed by atoms with Crippen LogP contribution in [-0.4, -0.2) is 16.7 Å². The molecule has 1 aromatic carbocycles. The topological polar surface area (TPSA) is 51.6 Å². The fourth-order valence-electron chi connectivity index (χ4n) is 1.86. The van der Waals surface area contributed by atoms with Gasteiger partial charge in [-0.2, -0.15) is 0 Å². The maximum Gasteiger partial charge on any atom is 0.219 e. The summed E-state index contributed by atoms with van der Waals surface area (Å²) in [4.78, 5) is 4.40. The number of aliphatic hydroxyl groups excluding tert-OH is 1. The Hall–Kier alpha value is -2.07. The van der Waals surface area contributed by atoms with Crippen LogP contribution < -0.4 is 9.47 Å². The lowest BCUT2D eigenvalue weighted by Gasteiger charge is -2.09. The van der Waals surface area contributed by atoms with Crippen LogP contribution in [0.3, 0.4) is 0 Å². The minimum absolute atomic E-state index is 0.0230. The molecule has 0 amide bonds. The van der Waals surface area contributed by atoms with Crippen molar-refractivity contribution in [3.63, 3.8) is 0 Å². The van der Waals surface area contributed by atoms with E-state index in [9.17, 15) is 5.11 Å². The Labute approximate surface area is 119 Å². The van der Waals surface area contributed by atoms with Gasteiger partial charge in [-0.25, -0.2) is 4.98 Å². The summed E-state index contributed by atoms with van der Waals surface area (Å²) in [5.41, 5.74) is 1.69. The lowest BCUT2D eigenvalue weighted by Crippen LogP contribution is -1.96. The van der Waals surface area contributed by atoms with Gasteiger partial charge in [-0.3, -0.25) is 0 Å². The van der Waals surface area contributed by atoms with E-state index in [0.29, 0.717) is 18.2 Å². The van der Waals surface area contributed by atoms with Gasteiger partial charge in [-0.1, -0.05) is 13.0 Å². The number of aryl methyl sites for hydroxylation is 1. The molecule has 20 heavy (non-hydrogen) atoms. The number of ether oxygens (including phenoxy) is 2. The second-order valence-corrected chi connectivity index (χ2v) is 4.33. The second-order valence-electron chi connectivity index (χ2n) is 4.33. The van der Waals surface area contributed by atoms with Gasteiger partial charge in [0.15, 0.2) is 0 Å². The number of benzene rings is 1. The Morgan fingerprint density at radius 3 is 2.60 bits per heavy atom. The van der Waals surface area contributed by atoms with Gasteiger partial charge >= 0.3 is 0 Å². The molecule has 0 aliphatic heterocycles. The lowest BCUT2D eigenvalue weighted by molar-refractivity contribution is 0.280. The van der Waals surface area contributed by atoms with Gasteiger partial charge in [-0.05, 0) is 37.1 Å². The molecule has 0 bridgehead atoms. The molecule has 0 radical (unpaired) electrons. The average Bonchev–Trinajstić information content (AvgIpc) is 2.47. The molecule has 0 fully saturated rings. The quantitative estimate of drug-likeness (QED) is 0.877. The minimum atomic E-state index is -0.0230. The Morgan fingerprint density at radius 2 is 1.90 bits per heavy atom. The summed E-state index contributed by atoms with van der Waals surface area (Å²) >= 11 is 0. The summed E-state index contributed by atoms with van der Waals surface area (Å²) in [5, 5.41) is 9.26. The van der Waals surface area contributed by atoms with E-state index < -0.39 is 0 Å². The molecule has 0 spiro atoms. The van der Waals surface area contributed by atoms with Crippen molar-refractivity contribution in [2.45, 2.75) is 26.9 Å². The summed E-state index contributed by atoms with van der Waals surface area (Å²) in [6.45, 7) is 4.54. The lowest BCUT2D eigenvalue weighted by atomic mass is 10.2. The molecule has 4 heteroatoms. The average molecular weight is 273 g/mol. The highest BCUT2D eigenvalue weighted by Crippen LogP contribution is 2.25. The fourth-order valence-corrected chi connectivity index (χ4v) is 1.86. The maximum atomic E-state index is 9.26. The number of aromatic nitrogens is 1. The Kier molecular flexibility index (Phi) is 4.96. The van der Waals surface area contributed by atoms with Crippen LogP contribution in [0.5, 0.6) is 17.4 Å². The maximum absolute atomic E-state index is 9.26. The van der Waals surface area contributed by atoms with Gasteiger partial charge in [0.25, 0.3) is 0 Å². The highest BCUT2D eigenvalue weighted by atomic mass is 16.5. The van der Waals surface area contributed by atoms with Crippen molar-refractivity contribution in [3.8, 4) is 17.4 Å². The molecule has 0 atom stereocenters. The number of rotatable bonds is 6. The molecular formula is C16H19NO3. The number of hydrogen-bond acceptors (Lipinski definition) is 4. The van der Waals surface area contributed by atoms with E-state index in [-0.39, 0.29) is 6.61 Å². The molecule has 4 nitrogen and oxygen atoms in total. The van der Waals surface area contributed by atoms with Crippen LogP contribution in [0, 0.1) is 0 Å². The normalized spacial score (nSPS) is 10.3. The van der Waals surface area contributed by atoms with Gasteiger partial charge in [-0.15, -0.1) is 0 Å². The van der Waals surface area contributed by atoms with E-state index in [0.717, 1.165) is 23.4 Å². The summed E-state index contributed by atoms with van der Waals surface area (Å²) in [5.74, 6) is 1.92. The molecule has 0 aliphatic carbocycles. The molecular weight excluding hydrogens is 254 g/mol. The Morgan fingerprint density at radius 1 is 1.10 bits per heavy atom. The van der Waals surface area contributed by atoms with E-state index in [2.05, 4.69) is 4.98 Å². The first-order valence-corrected chi connectivity index (χ1v) is 6.76. The summed E-state index contributed by atoms with van der Waals surface area (Å²) < 4.78 is 11.2. The number of hydrogen-bond donors (Lipinski definition) is 1. The first-order valence-electron chi connectivity index (χ1n) is 6.76. The second kappa shape index (κ2) is 6.91. The Bertz CT molecular complexity index is 547. The predicted molar refractivity (Wildman–Crippen MR) is 77.2 cm³/mol. The number of nitrogens with zero attached hydrogens (tertiary/aromatic N) is 1. The van der Waals surface area contributed by atoms with E-state index in [4.69, 9.17) is 9.47 Å². The monoisotopic (exact) mass is 273 g/mol. The molecule has 0 aliphatic rings. The molecule has 0 saturated heterocycles. The standard InChI is InChI=1S/C16H19NO3/c1-3-13-8-12(11-18)9-16(17-13)20-15-7-5-6-14(10-15)19-4-2/h5-10,18H,3-4,11H2,1-2H3. The zero-order chi connectivity index (χ0) is 14.4. The molecule has 1 aromatic heterocycles. The van der Waals surface area contributed by atoms with Crippen LogP contribution in [0.1, 0.15) is 25.1 Å². The molecule has 2 rings (SSSR count). The third kappa shape index (κ3) is 3.71. The molecule has 0 unspecified atom stereocenters. The number of aliphatic hydroxyl groups is 1. The van der Waals surface area contributed by atoms with E-state index >= 15 is 0 Å². The summed E-state index contributed by atoms with van der Waals surface area (Å²) in [6, 6.07) is 11.0. The molecule has 1 heterocycles. The van der Waals surface area contributed by atoms with Gasteiger partial charge in [0.1, 0.15) is 11.5 Å². The minimum Gasteiger partial charge on any atom is -0.494 e. The highest BCUT2D eigenvalue weighted by molar-refractivity contribution is 5.36. The van der Waals surface area contributed by atoms with Crippen LogP contribution in [0.4, 0.5) is 0 Å². The van der Waals surface area contributed by atoms with Gasteiger partial charge in [0.2, 0.25) is 5.88 Å².